The van der Waals surface area contributed by atoms with E-state index in [2.05, 4.69) is 20.3 Å². The third-order valence-corrected chi connectivity index (χ3v) is 3.92. The number of nitrogen functional groups attached to an aromatic ring is 1. The number of halogens is 2. The number of hydrogen-bond donors (Lipinski definition) is 2. The highest BCUT2D eigenvalue weighted by atomic mass is 35.5. The van der Waals surface area contributed by atoms with E-state index in [1.54, 1.807) is 18.2 Å². The summed E-state index contributed by atoms with van der Waals surface area (Å²) in [6, 6.07) is 12.7. The van der Waals surface area contributed by atoms with Crippen LogP contribution in [0.15, 0.2) is 42.5 Å². The van der Waals surface area contributed by atoms with Gasteiger partial charge >= 0.3 is 0 Å². The second-order valence-electron chi connectivity index (χ2n) is 5.53. The Balaban J connectivity index is 2.02. The van der Waals surface area contributed by atoms with E-state index < -0.39 is 0 Å². The van der Waals surface area contributed by atoms with E-state index in [9.17, 15) is 0 Å². The molecule has 0 spiro atoms. The van der Waals surface area contributed by atoms with Crippen LogP contribution in [0.5, 0.6) is 0 Å². The van der Waals surface area contributed by atoms with Gasteiger partial charge in [0.05, 0.1) is 0 Å². The van der Waals surface area contributed by atoms with E-state index >= 15 is 0 Å². The van der Waals surface area contributed by atoms with E-state index in [0.29, 0.717) is 21.8 Å². The zero-order valence-electron chi connectivity index (χ0n) is 13.7. The molecule has 3 aromatic rings. The van der Waals surface area contributed by atoms with Gasteiger partial charge in [0.15, 0.2) is 5.82 Å². The normalized spacial score (nSPS) is 10.6. The van der Waals surface area contributed by atoms with Crippen LogP contribution in [0.2, 0.25) is 10.0 Å². The van der Waals surface area contributed by atoms with Gasteiger partial charge in [-0.2, -0.15) is 15.0 Å². The smallest absolute Gasteiger partial charge is 0.232 e. The highest BCUT2D eigenvalue weighted by Crippen LogP contribution is 2.31. The molecule has 3 rings (SSSR count). The molecule has 25 heavy (non-hydrogen) atoms. The fourth-order valence-corrected chi connectivity index (χ4v) is 2.61. The van der Waals surface area contributed by atoms with E-state index in [0.717, 1.165) is 16.9 Å². The summed E-state index contributed by atoms with van der Waals surface area (Å²) in [4.78, 5) is 14.8. The Hall–Kier alpha value is -2.57. The van der Waals surface area contributed by atoms with Crippen molar-refractivity contribution in [2.45, 2.75) is 0 Å². The molecule has 0 bridgehead atoms. The molecule has 3 N–H and O–H groups in total. The van der Waals surface area contributed by atoms with E-state index in [1.807, 2.05) is 43.3 Å². The highest BCUT2D eigenvalue weighted by molar-refractivity contribution is 6.31. The summed E-state index contributed by atoms with van der Waals surface area (Å²) in [5, 5.41) is 4.34. The highest BCUT2D eigenvalue weighted by Gasteiger charge is 2.13. The summed E-state index contributed by atoms with van der Waals surface area (Å²) in [5.41, 5.74) is 8.35. The topological polar surface area (TPSA) is 80.0 Å². The van der Waals surface area contributed by atoms with Crippen molar-refractivity contribution >= 4 is 46.5 Å². The monoisotopic (exact) mass is 374 g/mol. The van der Waals surface area contributed by atoms with Gasteiger partial charge in [0.2, 0.25) is 11.9 Å². The molecular formula is C17H16Cl2N6. The molecule has 0 aliphatic rings. The Labute approximate surface area is 155 Å². The molecule has 8 heteroatoms. The van der Waals surface area contributed by atoms with Gasteiger partial charge in [-0.05, 0) is 42.5 Å². The van der Waals surface area contributed by atoms with Crippen molar-refractivity contribution in [2.75, 3.05) is 30.0 Å². The summed E-state index contributed by atoms with van der Waals surface area (Å²) in [6.45, 7) is 0. The van der Waals surface area contributed by atoms with Gasteiger partial charge in [0.1, 0.15) is 0 Å². The number of aromatic nitrogens is 3. The molecule has 0 saturated heterocycles. The van der Waals surface area contributed by atoms with Gasteiger partial charge in [-0.15, -0.1) is 0 Å². The zero-order chi connectivity index (χ0) is 18.0. The molecule has 2 aromatic carbocycles. The molecule has 0 unspecified atom stereocenters. The molecule has 1 aromatic heterocycles. The van der Waals surface area contributed by atoms with Crippen molar-refractivity contribution in [1.29, 1.82) is 0 Å². The predicted molar refractivity (Wildman–Crippen MR) is 104 cm³/mol. The molecule has 0 atom stereocenters. The maximum atomic E-state index is 6.15. The van der Waals surface area contributed by atoms with E-state index in [-0.39, 0.29) is 5.95 Å². The van der Waals surface area contributed by atoms with E-state index in [4.69, 9.17) is 28.9 Å². The summed E-state index contributed by atoms with van der Waals surface area (Å²) in [5.74, 6) is 0.899. The van der Waals surface area contributed by atoms with Crippen molar-refractivity contribution in [3.63, 3.8) is 0 Å². The van der Waals surface area contributed by atoms with Crippen LogP contribution in [0, 0.1) is 0 Å². The van der Waals surface area contributed by atoms with Crippen LogP contribution in [0.1, 0.15) is 0 Å². The molecular weight excluding hydrogens is 359 g/mol. The average molecular weight is 375 g/mol. The number of hydrogen-bond acceptors (Lipinski definition) is 6. The molecule has 0 radical (unpaired) electrons. The molecule has 128 valence electrons. The Morgan fingerprint density at radius 1 is 0.920 bits per heavy atom. The summed E-state index contributed by atoms with van der Waals surface area (Å²) in [6.07, 6.45) is 0. The van der Waals surface area contributed by atoms with Gasteiger partial charge in [0.25, 0.3) is 0 Å². The first-order valence-electron chi connectivity index (χ1n) is 7.44. The van der Waals surface area contributed by atoms with Crippen LogP contribution in [-0.2, 0) is 0 Å². The second kappa shape index (κ2) is 7.13. The first-order valence-corrected chi connectivity index (χ1v) is 8.19. The fourth-order valence-electron chi connectivity index (χ4n) is 2.31. The molecule has 0 fully saturated rings. The fraction of sp³-hybridized carbons (Fsp3) is 0.118. The molecule has 0 saturated carbocycles. The number of rotatable bonds is 4. The summed E-state index contributed by atoms with van der Waals surface area (Å²) >= 11 is 12.0. The number of nitrogens with two attached hydrogens (primary N) is 1. The minimum Gasteiger partial charge on any atom is -0.377 e. The minimum absolute atomic E-state index is 0.117. The summed E-state index contributed by atoms with van der Waals surface area (Å²) in [7, 11) is 3.87. The largest absolute Gasteiger partial charge is 0.377 e. The van der Waals surface area contributed by atoms with Crippen molar-refractivity contribution in [1.82, 2.24) is 15.0 Å². The lowest BCUT2D eigenvalue weighted by Crippen LogP contribution is -2.11. The van der Waals surface area contributed by atoms with Crippen LogP contribution in [0.3, 0.4) is 0 Å². The quantitative estimate of drug-likeness (QED) is 0.710. The van der Waals surface area contributed by atoms with Crippen LogP contribution in [0.4, 0.5) is 23.3 Å². The SMILES string of the molecule is CN(C)c1ccc(Cl)cc1-c1nc(N)nc(Nc2ccc(Cl)cc2)n1. The number of benzene rings is 2. The van der Waals surface area contributed by atoms with Crippen molar-refractivity contribution < 1.29 is 0 Å². The maximum absolute atomic E-state index is 6.15. The van der Waals surface area contributed by atoms with Gasteiger partial charge in [-0.1, -0.05) is 23.2 Å². The van der Waals surface area contributed by atoms with Gasteiger partial charge in [-0.3, -0.25) is 0 Å². The van der Waals surface area contributed by atoms with Crippen LogP contribution < -0.4 is 16.0 Å². The number of nitrogens with one attached hydrogen (secondary N) is 1. The molecule has 0 amide bonds. The van der Waals surface area contributed by atoms with E-state index in [1.165, 1.54) is 0 Å². The Morgan fingerprint density at radius 2 is 1.60 bits per heavy atom. The Kier molecular flexibility index (Phi) is 4.92. The molecule has 0 aliphatic heterocycles. The van der Waals surface area contributed by atoms with Gasteiger partial charge < -0.3 is 16.0 Å². The number of nitrogens with zero attached hydrogens (tertiary/aromatic N) is 4. The molecule has 0 aliphatic carbocycles. The maximum Gasteiger partial charge on any atom is 0.232 e. The van der Waals surface area contributed by atoms with Crippen molar-refractivity contribution in [2.24, 2.45) is 0 Å². The molecule has 6 nitrogen and oxygen atoms in total. The summed E-state index contributed by atoms with van der Waals surface area (Å²) < 4.78 is 0. The van der Waals surface area contributed by atoms with Crippen molar-refractivity contribution in [3.05, 3.63) is 52.5 Å². The second-order valence-corrected chi connectivity index (χ2v) is 6.40. The Morgan fingerprint density at radius 3 is 2.28 bits per heavy atom. The lowest BCUT2D eigenvalue weighted by Gasteiger charge is -2.17. The lowest BCUT2D eigenvalue weighted by atomic mass is 10.1. The zero-order valence-corrected chi connectivity index (χ0v) is 15.2. The third kappa shape index (κ3) is 4.10. The predicted octanol–water partition coefficient (Wildman–Crippen LogP) is 4.24. The third-order valence-electron chi connectivity index (χ3n) is 3.43. The minimum atomic E-state index is 0.117. The van der Waals surface area contributed by atoms with Crippen LogP contribution in [-0.4, -0.2) is 29.0 Å². The standard InChI is InChI=1S/C17H16Cl2N6/c1-25(2)14-8-5-11(19)9-13(14)15-22-16(20)24-17(23-15)21-12-6-3-10(18)4-7-12/h3-9H,1-2H3,(H3,20,21,22,23,24). The van der Waals surface area contributed by atoms with Gasteiger partial charge in [0, 0.05) is 41.1 Å². The Bertz CT molecular complexity index is 896. The van der Waals surface area contributed by atoms with Crippen molar-refractivity contribution in [3.8, 4) is 11.4 Å². The number of anilines is 4. The van der Waals surface area contributed by atoms with Crippen LogP contribution in [0.25, 0.3) is 11.4 Å². The average Bonchev–Trinajstić information content (AvgIpc) is 2.56. The van der Waals surface area contributed by atoms with Gasteiger partial charge in [-0.25, -0.2) is 0 Å². The first-order chi connectivity index (χ1) is 11.9. The lowest BCUT2D eigenvalue weighted by molar-refractivity contribution is 1.07. The molecule has 1 heterocycles. The first kappa shape index (κ1) is 17.3. The van der Waals surface area contributed by atoms with Crippen LogP contribution >= 0.6 is 23.2 Å².